The molecule has 1 aromatic rings. The van der Waals surface area contributed by atoms with Gasteiger partial charge in [0.2, 0.25) is 0 Å². The first-order chi connectivity index (χ1) is 10.6. The summed E-state index contributed by atoms with van der Waals surface area (Å²) in [4.78, 5) is 23.5. The van der Waals surface area contributed by atoms with E-state index in [0.717, 1.165) is 44.9 Å². The van der Waals surface area contributed by atoms with Gasteiger partial charge in [0.05, 0.1) is 11.1 Å². The second-order valence-electron chi connectivity index (χ2n) is 5.52. The van der Waals surface area contributed by atoms with Gasteiger partial charge in [-0.25, -0.2) is 9.59 Å². The SMILES string of the molecule is CCCCCC(CCCC)OC(=O)c1ccccc1C(=O)O. The lowest BCUT2D eigenvalue weighted by atomic mass is 10.0. The highest BCUT2D eigenvalue weighted by atomic mass is 16.5. The van der Waals surface area contributed by atoms with Crippen LogP contribution in [0.2, 0.25) is 0 Å². The monoisotopic (exact) mass is 306 g/mol. The Balaban J connectivity index is 2.74. The van der Waals surface area contributed by atoms with Gasteiger partial charge in [-0.1, -0.05) is 51.7 Å². The maximum Gasteiger partial charge on any atom is 0.339 e. The van der Waals surface area contributed by atoms with E-state index in [1.807, 2.05) is 0 Å². The quantitative estimate of drug-likeness (QED) is 0.503. The molecule has 0 bridgehead atoms. The molecular weight excluding hydrogens is 280 g/mol. The molecule has 1 aromatic carbocycles. The number of benzene rings is 1. The Bertz CT molecular complexity index is 482. The predicted octanol–water partition coefficient (Wildman–Crippen LogP) is 4.68. The minimum atomic E-state index is -1.11. The van der Waals surface area contributed by atoms with Crippen molar-refractivity contribution in [1.29, 1.82) is 0 Å². The molecule has 0 radical (unpaired) electrons. The Morgan fingerprint density at radius 1 is 1.00 bits per heavy atom. The molecule has 0 spiro atoms. The van der Waals surface area contributed by atoms with Crippen LogP contribution in [0.3, 0.4) is 0 Å². The third-order valence-electron chi connectivity index (χ3n) is 3.66. The third-order valence-corrected chi connectivity index (χ3v) is 3.66. The molecule has 0 saturated heterocycles. The van der Waals surface area contributed by atoms with E-state index in [0.29, 0.717) is 0 Å². The zero-order chi connectivity index (χ0) is 16.4. The van der Waals surface area contributed by atoms with Gasteiger partial charge >= 0.3 is 11.9 Å². The number of carboxylic acids is 1. The Hall–Kier alpha value is -1.84. The maximum atomic E-state index is 12.3. The molecule has 1 unspecified atom stereocenters. The molecule has 0 aliphatic heterocycles. The molecule has 0 heterocycles. The van der Waals surface area contributed by atoms with Crippen LogP contribution in [0.5, 0.6) is 0 Å². The van der Waals surface area contributed by atoms with Crippen molar-refractivity contribution in [1.82, 2.24) is 0 Å². The van der Waals surface area contributed by atoms with Crippen LogP contribution in [0.1, 0.15) is 79.5 Å². The summed E-state index contributed by atoms with van der Waals surface area (Å²) in [7, 11) is 0. The van der Waals surface area contributed by atoms with Crippen molar-refractivity contribution in [2.24, 2.45) is 0 Å². The molecule has 4 heteroatoms. The molecule has 4 nitrogen and oxygen atoms in total. The summed E-state index contributed by atoms with van der Waals surface area (Å²) in [6, 6.07) is 6.20. The number of hydrogen-bond acceptors (Lipinski definition) is 3. The summed E-state index contributed by atoms with van der Waals surface area (Å²) < 4.78 is 5.57. The van der Waals surface area contributed by atoms with Gasteiger partial charge in [-0.2, -0.15) is 0 Å². The first-order valence-electron chi connectivity index (χ1n) is 8.13. The highest BCUT2D eigenvalue weighted by Crippen LogP contribution is 2.17. The molecule has 0 aromatic heterocycles. The summed E-state index contributed by atoms with van der Waals surface area (Å²) in [5, 5.41) is 9.16. The van der Waals surface area contributed by atoms with Crippen LogP contribution >= 0.6 is 0 Å². The lowest BCUT2D eigenvalue weighted by Gasteiger charge is -2.18. The first kappa shape index (κ1) is 18.2. The summed E-state index contributed by atoms with van der Waals surface area (Å²) in [5.74, 6) is -1.64. The molecule has 122 valence electrons. The van der Waals surface area contributed by atoms with E-state index in [2.05, 4.69) is 13.8 Å². The van der Waals surface area contributed by atoms with Crippen molar-refractivity contribution in [3.8, 4) is 0 Å². The zero-order valence-corrected chi connectivity index (χ0v) is 13.5. The van der Waals surface area contributed by atoms with Crippen molar-refractivity contribution in [3.63, 3.8) is 0 Å². The molecule has 0 aliphatic rings. The highest BCUT2D eigenvalue weighted by Gasteiger charge is 2.20. The normalized spacial score (nSPS) is 11.9. The van der Waals surface area contributed by atoms with Crippen molar-refractivity contribution in [3.05, 3.63) is 35.4 Å². The Morgan fingerprint density at radius 2 is 1.59 bits per heavy atom. The Kier molecular flexibility index (Phi) is 8.26. The zero-order valence-electron chi connectivity index (χ0n) is 13.5. The fraction of sp³-hybridized carbons (Fsp3) is 0.556. The van der Waals surface area contributed by atoms with E-state index in [9.17, 15) is 9.59 Å². The van der Waals surface area contributed by atoms with Crippen LogP contribution in [0.25, 0.3) is 0 Å². The van der Waals surface area contributed by atoms with Gasteiger partial charge in [-0.15, -0.1) is 0 Å². The van der Waals surface area contributed by atoms with Gasteiger partial charge in [0.15, 0.2) is 0 Å². The van der Waals surface area contributed by atoms with Crippen LogP contribution in [0.15, 0.2) is 24.3 Å². The van der Waals surface area contributed by atoms with E-state index >= 15 is 0 Å². The van der Waals surface area contributed by atoms with Crippen LogP contribution in [-0.2, 0) is 4.74 Å². The molecule has 0 amide bonds. The van der Waals surface area contributed by atoms with Crippen molar-refractivity contribution in [2.75, 3.05) is 0 Å². The molecule has 22 heavy (non-hydrogen) atoms. The average Bonchev–Trinajstić information content (AvgIpc) is 2.52. The fourth-order valence-corrected chi connectivity index (χ4v) is 2.38. The summed E-state index contributed by atoms with van der Waals surface area (Å²) in [6.45, 7) is 4.24. The number of esters is 1. The summed E-state index contributed by atoms with van der Waals surface area (Å²) in [5.41, 5.74) is 0.127. The second-order valence-corrected chi connectivity index (χ2v) is 5.52. The molecule has 1 N–H and O–H groups in total. The number of aromatic carboxylic acids is 1. The van der Waals surface area contributed by atoms with Crippen LogP contribution < -0.4 is 0 Å². The van der Waals surface area contributed by atoms with Gasteiger partial charge in [0.25, 0.3) is 0 Å². The molecule has 1 atom stereocenters. The van der Waals surface area contributed by atoms with Gasteiger partial charge < -0.3 is 9.84 Å². The lowest BCUT2D eigenvalue weighted by Crippen LogP contribution is -2.20. The highest BCUT2D eigenvalue weighted by molar-refractivity contribution is 6.02. The molecule has 0 fully saturated rings. The van der Waals surface area contributed by atoms with Crippen molar-refractivity contribution < 1.29 is 19.4 Å². The molecule has 0 saturated carbocycles. The molecule has 1 rings (SSSR count). The molecule has 0 aliphatic carbocycles. The summed E-state index contributed by atoms with van der Waals surface area (Å²) in [6.07, 6.45) is 6.87. The van der Waals surface area contributed by atoms with E-state index < -0.39 is 11.9 Å². The Morgan fingerprint density at radius 3 is 2.18 bits per heavy atom. The van der Waals surface area contributed by atoms with Crippen molar-refractivity contribution >= 4 is 11.9 Å². The van der Waals surface area contributed by atoms with Gasteiger partial charge in [0, 0.05) is 0 Å². The largest absolute Gasteiger partial charge is 0.478 e. The average molecular weight is 306 g/mol. The van der Waals surface area contributed by atoms with Crippen LogP contribution in [0, 0.1) is 0 Å². The number of carbonyl (C=O) groups is 2. The van der Waals surface area contributed by atoms with Crippen LogP contribution in [0.4, 0.5) is 0 Å². The van der Waals surface area contributed by atoms with E-state index in [1.54, 1.807) is 12.1 Å². The van der Waals surface area contributed by atoms with Gasteiger partial charge in [-0.3, -0.25) is 0 Å². The van der Waals surface area contributed by atoms with E-state index in [1.165, 1.54) is 12.1 Å². The number of ether oxygens (including phenoxy) is 1. The fourth-order valence-electron chi connectivity index (χ4n) is 2.38. The van der Waals surface area contributed by atoms with Gasteiger partial charge in [0.1, 0.15) is 6.10 Å². The Labute approximate surface area is 132 Å². The third kappa shape index (κ3) is 5.88. The maximum absolute atomic E-state index is 12.3. The smallest absolute Gasteiger partial charge is 0.339 e. The van der Waals surface area contributed by atoms with E-state index in [-0.39, 0.29) is 17.2 Å². The van der Waals surface area contributed by atoms with Crippen LogP contribution in [-0.4, -0.2) is 23.1 Å². The summed E-state index contributed by atoms with van der Waals surface area (Å²) >= 11 is 0. The lowest BCUT2D eigenvalue weighted by molar-refractivity contribution is 0.0245. The molecular formula is C18H26O4. The van der Waals surface area contributed by atoms with Crippen molar-refractivity contribution in [2.45, 2.75) is 64.9 Å². The number of carbonyl (C=O) groups excluding carboxylic acids is 1. The number of unbranched alkanes of at least 4 members (excludes halogenated alkanes) is 3. The number of carboxylic acid groups (broad SMARTS) is 1. The predicted molar refractivity (Wildman–Crippen MR) is 86.3 cm³/mol. The number of rotatable bonds is 10. The topological polar surface area (TPSA) is 63.6 Å². The van der Waals surface area contributed by atoms with Gasteiger partial charge in [-0.05, 0) is 31.4 Å². The minimum absolute atomic E-state index is 0.00435. The van der Waals surface area contributed by atoms with E-state index in [4.69, 9.17) is 9.84 Å². The first-order valence-corrected chi connectivity index (χ1v) is 8.13. The standard InChI is InChI=1S/C18H26O4/c1-3-5-7-11-14(10-6-4-2)22-18(21)16-13-9-8-12-15(16)17(19)20/h8-9,12-14H,3-7,10-11H2,1-2H3,(H,19,20). The second kappa shape index (κ2) is 9.98. The number of hydrogen-bond donors (Lipinski definition) is 1. The minimum Gasteiger partial charge on any atom is -0.478 e.